The van der Waals surface area contributed by atoms with Gasteiger partial charge < -0.3 is 9.64 Å². The molecule has 1 aliphatic rings. The third kappa shape index (κ3) is 4.31. The molecule has 0 aromatic heterocycles. The highest BCUT2D eigenvalue weighted by molar-refractivity contribution is 5.75. The molecule has 1 atom stereocenters. The third-order valence-corrected chi connectivity index (χ3v) is 3.59. The van der Waals surface area contributed by atoms with E-state index >= 15 is 0 Å². The number of rotatable bonds is 2. The molecule has 1 saturated heterocycles. The molecular weight excluding hydrogens is 266 g/mol. The van der Waals surface area contributed by atoms with Crippen molar-refractivity contribution in [2.75, 3.05) is 13.1 Å². The van der Waals surface area contributed by atoms with Gasteiger partial charge in [0, 0.05) is 24.6 Å². The van der Waals surface area contributed by atoms with E-state index in [4.69, 9.17) is 4.74 Å². The van der Waals surface area contributed by atoms with Crippen LogP contribution in [0.4, 0.5) is 4.79 Å². The highest BCUT2D eigenvalue weighted by atomic mass is 16.6. The highest BCUT2D eigenvalue weighted by Gasteiger charge is 2.28. The Morgan fingerprint density at radius 3 is 2.81 bits per heavy atom. The van der Waals surface area contributed by atoms with Crippen LogP contribution in [0.3, 0.4) is 0 Å². The molecular formula is C17H23NO3. The van der Waals surface area contributed by atoms with Crippen LogP contribution in [0.25, 0.3) is 0 Å². The molecule has 1 unspecified atom stereocenters. The van der Waals surface area contributed by atoms with E-state index in [0.717, 1.165) is 31.2 Å². The minimum atomic E-state index is -0.471. The van der Waals surface area contributed by atoms with E-state index in [1.807, 2.05) is 39.0 Å². The van der Waals surface area contributed by atoms with Crippen molar-refractivity contribution in [2.45, 2.75) is 45.1 Å². The lowest BCUT2D eigenvalue weighted by molar-refractivity contribution is 0.0198. The van der Waals surface area contributed by atoms with Crippen LogP contribution in [0.5, 0.6) is 0 Å². The summed E-state index contributed by atoms with van der Waals surface area (Å²) in [5.41, 5.74) is 1.33. The summed E-state index contributed by atoms with van der Waals surface area (Å²) in [4.78, 5) is 24.8. The standard InChI is InChI=1S/C17H23NO3/c1-17(2,3)21-16(20)18-9-5-8-15(11-18)14-7-4-6-13(10-14)12-19/h4,6-7,10,12,15H,5,8-9,11H2,1-3H3. The maximum atomic E-state index is 12.2. The Labute approximate surface area is 126 Å². The molecule has 1 heterocycles. The van der Waals surface area contributed by atoms with Crippen molar-refractivity contribution in [2.24, 2.45) is 0 Å². The summed E-state index contributed by atoms with van der Waals surface area (Å²) >= 11 is 0. The van der Waals surface area contributed by atoms with Crippen molar-refractivity contribution in [3.05, 3.63) is 35.4 Å². The van der Waals surface area contributed by atoms with Crippen molar-refractivity contribution >= 4 is 12.4 Å². The Morgan fingerprint density at radius 1 is 1.38 bits per heavy atom. The van der Waals surface area contributed by atoms with E-state index in [1.54, 1.807) is 11.0 Å². The molecule has 114 valence electrons. The molecule has 21 heavy (non-hydrogen) atoms. The molecule has 1 aromatic carbocycles. The number of likely N-dealkylation sites (tertiary alicyclic amines) is 1. The van der Waals surface area contributed by atoms with Gasteiger partial charge in [0.05, 0.1) is 0 Å². The number of carbonyl (C=O) groups is 2. The maximum absolute atomic E-state index is 12.2. The molecule has 1 fully saturated rings. The van der Waals surface area contributed by atoms with Crippen LogP contribution in [0, 0.1) is 0 Å². The van der Waals surface area contributed by atoms with Crippen LogP contribution >= 0.6 is 0 Å². The lowest BCUT2D eigenvalue weighted by atomic mass is 9.90. The van der Waals surface area contributed by atoms with E-state index in [9.17, 15) is 9.59 Å². The average Bonchev–Trinajstić information content (AvgIpc) is 2.46. The maximum Gasteiger partial charge on any atom is 0.410 e. The Balaban J connectivity index is 2.06. The Bertz CT molecular complexity index is 519. The lowest BCUT2D eigenvalue weighted by Gasteiger charge is -2.34. The molecule has 1 amide bonds. The number of nitrogens with zero attached hydrogens (tertiary/aromatic N) is 1. The number of amides is 1. The Hall–Kier alpha value is -1.84. The van der Waals surface area contributed by atoms with E-state index < -0.39 is 5.60 Å². The SMILES string of the molecule is CC(C)(C)OC(=O)N1CCCC(c2cccc(C=O)c2)C1. The Morgan fingerprint density at radius 2 is 2.14 bits per heavy atom. The van der Waals surface area contributed by atoms with Crippen LogP contribution < -0.4 is 0 Å². The molecule has 1 aromatic rings. The number of piperidine rings is 1. The fraction of sp³-hybridized carbons (Fsp3) is 0.529. The quantitative estimate of drug-likeness (QED) is 0.781. The zero-order chi connectivity index (χ0) is 15.5. The zero-order valence-electron chi connectivity index (χ0n) is 13.0. The lowest BCUT2D eigenvalue weighted by Crippen LogP contribution is -2.42. The zero-order valence-corrected chi connectivity index (χ0v) is 13.0. The van der Waals surface area contributed by atoms with Crippen LogP contribution in [-0.4, -0.2) is 36.0 Å². The first-order valence-corrected chi connectivity index (χ1v) is 7.42. The predicted octanol–water partition coefficient (Wildman–Crippen LogP) is 3.61. The first-order valence-electron chi connectivity index (χ1n) is 7.42. The summed E-state index contributed by atoms with van der Waals surface area (Å²) in [5, 5.41) is 0. The third-order valence-electron chi connectivity index (χ3n) is 3.59. The van der Waals surface area contributed by atoms with Gasteiger partial charge in [-0.3, -0.25) is 4.79 Å². The largest absolute Gasteiger partial charge is 0.444 e. The second kappa shape index (κ2) is 6.29. The van der Waals surface area contributed by atoms with Gasteiger partial charge in [-0.25, -0.2) is 4.79 Å². The predicted molar refractivity (Wildman–Crippen MR) is 81.6 cm³/mol. The summed E-state index contributed by atoms with van der Waals surface area (Å²) in [6.45, 7) is 7.01. The fourth-order valence-corrected chi connectivity index (χ4v) is 2.63. The van der Waals surface area contributed by atoms with E-state index in [2.05, 4.69) is 0 Å². The van der Waals surface area contributed by atoms with Crippen LogP contribution in [0.15, 0.2) is 24.3 Å². The van der Waals surface area contributed by atoms with Crippen molar-refractivity contribution in [3.8, 4) is 0 Å². The fourth-order valence-electron chi connectivity index (χ4n) is 2.63. The van der Waals surface area contributed by atoms with Gasteiger partial charge in [0.25, 0.3) is 0 Å². The summed E-state index contributed by atoms with van der Waals surface area (Å²) in [7, 11) is 0. The second-order valence-electron chi connectivity index (χ2n) is 6.55. The van der Waals surface area contributed by atoms with Gasteiger partial charge >= 0.3 is 6.09 Å². The summed E-state index contributed by atoms with van der Waals surface area (Å²) < 4.78 is 5.44. The molecule has 4 nitrogen and oxygen atoms in total. The smallest absolute Gasteiger partial charge is 0.410 e. The number of hydrogen-bond donors (Lipinski definition) is 0. The molecule has 1 aliphatic heterocycles. The van der Waals surface area contributed by atoms with Gasteiger partial charge in [0.1, 0.15) is 11.9 Å². The van der Waals surface area contributed by atoms with Gasteiger partial charge in [0.2, 0.25) is 0 Å². The van der Waals surface area contributed by atoms with Gasteiger partial charge in [0.15, 0.2) is 0 Å². The van der Waals surface area contributed by atoms with Gasteiger partial charge in [-0.15, -0.1) is 0 Å². The van der Waals surface area contributed by atoms with E-state index in [-0.39, 0.29) is 12.0 Å². The molecule has 4 heteroatoms. The normalized spacial score (nSPS) is 19.2. The van der Waals surface area contributed by atoms with Crippen molar-refractivity contribution in [3.63, 3.8) is 0 Å². The molecule has 2 rings (SSSR count). The Kier molecular flexibility index (Phi) is 4.66. The minimum absolute atomic E-state index is 0.251. The van der Waals surface area contributed by atoms with E-state index in [1.165, 1.54) is 0 Å². The number of hydrogen-bond acceptors (Lipinski definition) is 3. The molecule has 0 aliphatic carbocycles. The molecule has 0 spiro atoms. The second-order valence-corrected chi connectivity index (χ2v) is 6.55. The highest BCUT2D eigenvalue weighted by Crippen LogP contribution is 2.28. The van der Waals surface area contributed by atoms with Crippen molar-refractivity contribution in [1.29, 1.82) is 0 Å². The minimum Gasteiger partial charge on any atom is -0.444 e. The summed E-state index contributed by atoms with van der Waals surface area (Å²) in [5.74, 6) is 0.270. The molecule has 0 radical (unpaired) electrons. The summed E-state index contributed by atoms with van der Waals surface area (Å²) in [6, 6.07) is 7.63. The first kappa shape index (κ1) is 15.5. The topological polar surface area (TPSA) is 46.6 Å². The number of benzene rings is 1. The van der Waals surface area contributed by atoms with Gasteiger partial charge in [-0.1, -0.05) is 18.2 Å². The van der Waals surface area contributed by atoms with Crippen LogP contribution in [0.2, 0.25) is 0 Å². The number of ether oxygens (including phenoxy) is 1. The first-order chi connectivity index (χ1) is 9.89. The number of aldehydes is 1. The van der Waals surface area contributed by atoms with Crippen LogP contribution in [-0.2, 0) is 4.74 Å². The van der Waals surface area contributed by atoms with Gasteiger partial charge in [-0.2, -0.15) is 0 Å². The molecule has 0 N–H and O–H groups in total. The monoisotopic (exact) mass is 289 g/mol. The van der Waals surface area contributed by atoms with Crippen molar-refractivity contribution in [1.82, 2.24) is 4.90 Å². The van der Waals surface area contributed by atoms with Crippen LogP contribution in [0.1, 0.15) is 55.5 Å². The van der Waals surface area contributed by atoms with E-state index in [0.29, 0.717) is 12.1 Å². The van der Waals surface area contributed by atoms with Crippen molar-refractivity contribution < 1.29 is 14.3 Å². The summed E-state index contributed by atoms with van der Waals surface area (Å²) in [6.07, 6.45) is 2.59. The molecule has 0 bridgehead atoms. The molecule has 0 saturated carbocycles. The average molecular weight is 289 g/mol. The number of carbonyl (C=O) groups excluding carboxylic acids is 2. The van der Waals surface area contributed by atoms with Gasteiger partial charge in [-0.05, 0) is 45.2 Å².